The van der Waals surface area contributed by atoms with Crippen LogP contribution in [0.1, 0.15) is 31.9 Å². The minimum Gasteiger partial charge on any atom is -0.347 e. The standard InChI is InChI=1S/C13H21N3S/c1-2-10-8-17-13(15-10)16-6-9-4-3-5-12(14)11(9)7-16/h8-9,11-12H,2-7,14H2,1H3. The van der Waals surface area contributed by atoms with Gasteiger partial charge >= 0.3 is 0 Å². The molecule has 1 aromatic rings. The van der Waals surface area contributed by atoms with Crippen molar-refractivity contribution in [2.24, 2.45) is 17.6 Å². The Morgan fingerprint density at radius 1 is 1.47 bits per heavy atom. The van der Waals surface area contributed by atoms with E-state index in [1.807, 2.05) is 0 Å². The first-order valence-electron chi connectivity index (χ1n) is 6.73. The topological polar surface area (TPSA) is 42.1 Å². The number of aryl methyl sites for hydroxylation is 1. The highest BCUT2D eigenvalue weighted by Crippen LogP contribution is 2.38. The normalized spacial score (nSPS) is 32.8. The zero-order valence-electron chi connectivity index (χ0n) is 10.4. The minimum atomic E-state index is 0.421. The van der Waals surface area contributed by atoms with Gasteiger partial charge in [0.2, 0.25) is 0 Å². The van der Waals surface area contributed by atoms with Crippen molar-refractivity contribution in [1.29, 1.82) is 0 Å². The van der Waals surface area contributed by atoms with E-state index in [0.29, 0.717) is 12.0 Å². The van der Waals surface area contributed by atoms with Gasteiger partial charge in [0, 0.05) is 24.5 Å². The molecule has 0 amide bonds. The number of rotatable bonds is 2. The van der Waals surface area contributed by atoms with E-state index in [2.05, 4.69) is 17.2 Å². The van der Waals surface area contributed by atoms with Gasteiger partial charge in [0.05, 0.1) is 5.69 Å². The molecule has 1 aliphatic heterocycles. The van der Waals surface area contributed by atoms with Crippen molar-refractivity contribution in [2.75, 3.05) is 18.0 Å². The van der Waals surface area contributed by atoms with Gasteiger partial charge < -0.3 is 10.6 Å². The van der Waals surface area contributed by atoms with E-state index in [0.717, 1.165) is 18.9 Å². The lowest BCUT2D eigenvalue weighted by atomic mass is 9.78. The average Bonchev–Trinajstić information content (AvgIpc) is 2.95. The van der Waals surface area contributed by atoms with Crippen LogP contribution in [-0.2, 0) is 6.42 Å². The van der Waals surface area contributed by atoms with Gasteiger partial charge in [-0.1, -0.05) is 13.3 Å². The summed E-state index contributed by atoms with van der Waals surface area (Å²) in [6.07, 6.45) is 4.93. The van der Waals surface area contributed by atoms with E-state index < -0.39 is 0 Å². The van der Waals surface area contributed by atoms with Crippen LogP contribution >= 0.6 is 11.3 Å². The molecule has 3 unspecified atom stereocenters. The maximum Gasteiger partial charge on any atom is 0.185 e. The molecule has 0 radical (unpaired) electrons. The van der Waals surface area contributed by atoms with Crippen molar-refractivity contribution < 1.29 is 0 Å². The smallest absolute Gasteiger partial charge is 0.185 e. The van der Waals surface area contributed by atoms with Crippen molar-refractivity contribution in [3.05, 3.63) is 11.1 Å². The highest BCUT2D eigenvalue weighted by atomic mass is 32.1. The van der Waals surface area contributed by atoms with Gasteiger partial charge in [-0.15, -0.1) is 11.3 Å². The maximum atomic E-state index is 6.25. The Balaban J connectivity index is 1.74. The number of hydrogen-bond acceptors (Lipinski definition) is 4. The molecule has 94 valence electrons. The van der Waals surface area contributed by atoms with Crippen LogP contribution in [0.25, 0.3) is 0 Å². The number of anilines is 1. The molecule has 0 bridgehead atoms. The van der Waals surface area contributed by atoms with Gasteiger partial charge in [0.1, 0.15) is 0 Å². The van der Waals surface area contributed by atoms with Gasteiger partial charge in [-0.3, -0.25) is 0 Å². The van der Waals surface area contributed by atoms with Crippen LogP contribution in [0.4, 0.5) is 5.13 Å². The van der Waals surface area contributed by atoms with E-state index >= 15 is 0 Å². The van der Waals surface area contributed by atoms with Gasteiger partial charge in [0.15, 0.2) is 5.13 Å². The molecule has 3 atom stereocenters. The minimum absolute atomic E-state index is 0.421. The molecular weight excluding hydrogens is 230 g/mol. The Morgan fingerprint density at radius 3 is 3.06 bits per heavy atom. The number of thiazole rings is 1. The van der Waals surface area contributed by atoms with Crippen molar-refractivity contribution in [3.63, 3.8) is 0 Å². The van der Waals surface area contributed by atoms with E-state index in [1.165, 1.54) is 36.6 Å². The van der Waals surface area contributed by atoms with E-state index in [9.17, 15) is 0 Å². The third kappa shape index (κ3) is 2.08. The molecule has 0 spiro atoms. The molecule has 4 heteroatoms. The molecular formula is C13H21N3S. The molecule has 2 aliphatic rings. The van der Waals surface area contributed by atoms with Crippen molar-refractivity contribution >= 4 is 16.5 Å². The average molecular weight is 251 g/mol. The first kappa shape index (κ1) is 11.5. The second-order valence-corrected chi connectivity index (χ2v) is 6.24. The maximum absolute atomic E-state index is 6.25. The Bertz CT molecular complexity index is 390. The van der Waals surface area contributed by atoms with Gasteiger partial charge in [-0.05, 0) is 31.1 Å². The van der Waals surface area contributed by atoms with Crippen LogP contribution in [0, 0.1) is 11.8 Å². The van der Waals surface area contributed by atoms with Crippen molar-refractivity contribution in [1.82, 2.24) is 4.98 Å². The monoisotopic (exact) mass is 251 g/mol. The van der Waals surface area contributed by atoms with E-state index in [4.69, 9.17) is 10.7 Å². The highest BCUT2D eigenvalue weighted by Gasteiger charge is 2.39. The lowest BCUT2D eigenvalue weighted by Crippen LogP contribution is -2.38. The zero-order valence-corrected chi connectivity index (χ0v) is 11.2. The number of aromatic nitrogens is 1. The summed E-state index contributed by atoms with van der Waals surface area (Å²) in [6.45, 7) is 4.47. The fourth-order valence-electron chi connectivity index (χ4n) is 3.28. The predicted octanol–water partition coefficient (Wildman–Crippen LogP) is 2.27. The van der Waals surface area contributed by atoms with E-state index in [1.54, 1.807) is 11.3 Å². The van der Waals surface area contributed by atoms with Crippen LogP contribution in [0.5, 0.6) is 0 Å². The van der Waals surface area contributed by atoms with Crippen LogP contribution in [-0.4, -0.2) is 24.1 Å². The third-order valence-corrected chi connectivity index (χ3v) is 5.28. The summed E-state index contributed by atoms with van der Waals surface area (Å²) in [5.74, 6) is 1.52. The lowest BCUT2D eigenvalue weighted by molar-refractivity contribution is 0.260. The molecule has 2 heterocycles. The third-order valence-electron chi connectivity index (χ3n) is 4.33. The van der Waals surface area contributed by atoms with Crippen LogP contribution in [0.2, 0.25) is 0 Å². The lowest BCUT2D eigenvalue weighted by Gasteiger charge is -2.29. The summed E-state index contributed by atoms with van der Waals surface area (Å²) in [7, 11) is 0. The Hall–Kier alpha value is -0.610. The van der Waals surface area contributed by atoms with Gasteiger partial charge in [-0.25, -0.2) is 4.98 Å². The number of hydrogen-bond donors (Lipinski definition) is 1. The molecule has 1 saturated carbocycles. The Morgan fingerprint density at radius 2 is 2.35 bits per heavy atom. The molecule has 1 saturated heterocycles. The summed E-state index contributed by atoms with van der Waals surface area (Å²) in [5.41, 5.74) is 7.47. The number of nitrogens with zero attached hydrogens (tertiary/aromatic N) is 2. The second-order valence-electron chi connectivity index (χ2n) is 5.40. The SMILES string of the molecule is CCc1csc(N2CC3CCCC(N)C3C2)n1. The predicted molar refractivity (Wildman–Crippen MR) is 72.5 cm³/mol. The summed E-state index contributed by atoms with van der Waals surface area (Å²) in [5, 5.41) is 3.40. The molecule has 2 fully saturated rings. The van der Waals surface area contributed by atoms with Crippen LogP contribution < -0.4 is 10.6 Å². The largest absolute Gasteiger partial charge is 0.347 e. The summed E-state index contributed by atoms with van der Waals surface area (Å²) in [4.78, 5) is 7.16. The Labute approximate surface area is 107 Å². The zero-order chi connectivity index (χ0) is 11.8. The first-order chi connectivity index (χ1) is 8.28. The summed E-state index contributed by atoms with van der Waals surface area (Å²) in [6, 6.07) is 0.421. The van der Waals surface area contributed by atoms with Crippen molar-refractivity contribution in [2.45, 2.75) is 38.6 Å². The molecule has 3 nitrogen and oxygen atoms in total. The van der Waals surface area contributed by atoms with Crippen LogP contribution in [0.3, 0.4) is 0 Å². The second kappa shape index (κ2) is 4.58. The highest BCUT2D eigenvalue weighted by molar-refractivity contribution is 7.13. The van der Waals surface area contributed by atoms with Crippen molar-refractivity contribution in [3.8, 4) is 0 Å². The number of nitrogens with two attached hydrogens (primary N) is 1. The van der Waals surface area contributed by atoms with Gasteiger partial charge in [-0.2, -0.15) is 0 Å². The summed E-state index contributed by atoms with van der Waals surface area (Å²) < 4.78 is 0. The fraction of sp³-hybridized carbons (Fsp3) is 0.769. The quantitative estimate of drug-likeness (QED) is 0.877. The molecule has 1 aromatic heterocycles. The van der Waals surface area contributed by atoms with E-state index in [-0.39, 0.29) is 0 Å². The fourth-order valence-corrected chi connectivity index (χ4v) is 4.21. The summed E-state index contributed by atoms with van der Waals surface area (Å²) >= 11 is 1.79. The van der Waals surface area contributed by atoms with Gasteiger partial charge in [0.25, 0.3) is 0 Å². The molecule has 2 N–H and O–H groups in total. The molecule has 3 rings (SSSR count). The van der Waals surface area contributed by atoms with Crippen LogP contribution in [0.15, 0.2) is 5.38 Å². The number of fused-ring (bicyclic) bond motifs is 1. The Kier molecular flexibility index (Phi) is 3.09. The molecule has 17 heavy (non-hydrogen) atoms. The molecule has 0 aromatic carbocycles. The first-order valence-corrected chi connectivity index (χ1v) is 7.61. The molecule has 1 aliphatic carbocycles.